The van der Waals surface area contributed by atoms with Crippen LogP contribution in [0.4, 0.5) is 0 Å². The average molecular weight is 427 g/mol. The second-order valence-electron chi connectivity index (χ2n) is 7.12. The van der Waals surface area contributed by atoms with E-state index in [2.05, 4.69) is 0 Å². The van der Waals surface area contributed by atoms with Crippen molar-refractivity contribution in [2.45, 2.75) is 24.4 Å². The summed E-state index contributed by atoms with van der Waals surface area (Å²) in [7, 11) is -2.05. The number of amides is 1. The second kappa shape index (κ2) is 8.10. The molecule has 0 spiro atoms. The Labute approximate surface area is 175 Å². The molecule has 1 aromatic heterocycles. The number of nitrogens with zero attached hydrogens (tertiary/aromatic N) is 2. The van der Waals surface area contributed by atoms with E-state index in [-0.39, 0.29) is 15.7 Å². The third kappa shape index (κ3) is 3.99. The number of carbonyl (C=O) groups excluding carboxylic acids is 1. The smallest absolute Gasteiger partial charge is 0.265 e. The molecule has 4 rings (SSSR count). The predicted octanol–water partition coefficient (Wildman–Crippen LogP) is 3.77. The van der Waals surface area contributed by atoms with Crippen molar-refractivity contribution >= 4 is 27.3 Å². The maximum atomic E-state index is 13.3. The second-order valence-corrected chi connectivity index (χ2v) is 9.94. The van der Waals surface area contributed by atoms with E-state index in [0.717, 1.165) is 11.1 Å². The average Bonchev–Trinajstić information content (AvgIpc) is 3.24. The molecular weight excluding hydrogens is 404 g/mol. The van der Waals surface area contributed by atoms with Crippen LogP contribution in [0.25, 0.3) is 0 Å². The van der Waals surface area contributed by atoms with E-state index in [0.29, 0.717) is 26.1 Å². The van der Waals surface area contributed by atoms with E-state index < -0.39 is 10.0 Å². The normalized spacial score (nSPS) is 14.4. The van der Waals surface area contributed by atoms with Gasteiger partial charge in [-0.2, -0.15) is 4.31 Å². The van der Waals surface area contributed by atoms with Crippen LogP contribution in [0.15, 0.2) is 70.9 Å². The van der Waals surface area contributed by atoms with E-state index in [9.17, 15) is 13.2 Å². The summed E-state index contributed by atoms with van der Waals surface area (Å²) in [5.41, 5.74) is 3.20. The van der Waals surface area contributed by atoms with Crippen molar-refractivity contribution in [3.05, 3.63) is 87.6 Å². The van der Waals surface area contributed by atoms with E-state index in [4.69, 9.17) is 0 Å². The Kier molecular flexibility index (Phi) is 5.54. The topological polar surface area (TPSA) is 57.7 Å². The third-order valence-electron chi connectivity index (χ3n) is 5.15. The lowest BCUT2D eigenvalue weighted by molar-refractivity contribution is 0.0786. The Hall–Kier alpha value is -2.48. The minimum atomic E-state index is -3.75. The molecule has 1 aliphatic heterocycles. The van der Waals surface area contributed by atoms with Gasteiger partial charge in [0.15, 0.2) is 0 Å². The maximum Gasteiger partial charge on any atom is 0.265 e. The fraction of sp³-hybridized carbons (Fsp3) is 0.227. The first-order chi connectivity index (χ1) is 14.0. The number of thiophene rings is 1. The molecule has 0 bridgehead atoms. The molecule has 150 valence electrons. The van der Waals surface area contributed by atoms with Crippen LogP contribution >= 0.6 is 11.3 Å². The first kappa shape index (κ1) is 19.8. The van der Waals surface area contributed by atoms with Gasteiger partial charge in [0.2, 0.25) is 10.0 Å². The lowest BCUT2D eigenvalue weighted by Crippen LogP contribution is -2.37. The summed E-state index contributed by atoms with van der Waals surface area (Å²) in [5, 5.41) is 1.67. The zero-order valence-electron chi connectivity index (χ0n) is 16.1. The largest absolute Gasteiger partial charge is 0.337 e. The van der Waals surface area contributed by atoms with E-state index >= 15 is 0 Å². The molecule has 0 fully saturated rings. The molecule has 0 saturated heterocycles. The number of hydrogen-bond donors (Lipinski definition) is 0. The number of carbonyl (C=O) groups is 1. The highest BCUT2D eigenvalue weighted by Gasteiger charge is 2.33. The third-order valence-corrected chi connectivity index (χ3v) is 8.07. The van der Waals surface area contributed by atoms with Crippen molar-refractivity contribution < 1.29 is 13.2 Å². The maximum absolute atomic E-state index is 13.3. The van der Waals surface area contributed by atoms with Gasteiger partial charge in [-0.1, -0.05) is 54.6 Å². The molecule has 3 aromatic rings. The molecule has 1 aliphatic rings. The number of fused-ring (bicyclic) bond motifs is 1. The van der Waals surface area contributed by atoms with E-state index in [1.54, 1.807) is 23.4 Å². The van der Waals surface area contributed by atoms with Gasteiger partial charge in [-0.3, -0.25) is 4.79 Å². The molecule has 1 amide bonds. The lowest BCUT2D eigenvalue weighted by atomic mass is 10.0. The van der Waals surface area contributed by atoms with Gasteiger partial charge < -0.3 is 4.90 Å². The quantitative estimate of drug-likeness (QED) is 0.624. The molecule has 0 saturated carbocycles. The molecule has 7 heteroatoms. The number of sulfonamides is 1. The van der Waals surface area contributed by atoms with Crippen LogP contribution in [0.1, 0.15) is 26.4 Å². The summed E-state index contributed by atoms with van der Waals surface area (Å²) >= 11 is 1.18. The van der Waals surface area contributed by atoms with Gasteiger partial charge in [-0.25, -0.2) is 8.42 Å². The lowest BCUT2D eigenvalue weighted by Gasteiger charge is -2.28. The summed E-state index contributed by atoms with van der Waals surface area (Å²) in [4.78, 5) is 14.9. The van der Waals surface area contributed by atoms with E-state index in [1.165, 1.54) is 21.2 Å². The highest BCUT2D eigenvalue weighted by atomic mass is 32.2. The molecule has 2 heterocycles. The highest BCUT2D eigenvalue weighted by molar-refractivity contribution is 7.89. The van der Waals surface area contributed by atoms with Crippen LogP contribution < -0.4 is 0 Å². The van der Waals surface area contributed by atoms with Crippen LogP contribution in [0.3, 0.4) is 0 Å². The Morgan fingerprint density at radius 3 is 2.48 bits per heavy atom. The first-order valence-electron chi connectivity index (χ1n) is 9.40. The van der Waals surface area contributed by atoms with Crippen molar-refractivity contribution in [3.63, 3.8) is 0 Å². The number of rotatable bonds is 5. The molecule has 0 atom stereocenters. The van der Waals surface area contributed by atoms with Gasteiger partial charge >= 0.3 is 0 Å². The van der Waals surface area contributed by atoms with Gasteiger partial charge in [0, 0.05) is 26.7 Å². The molecule has 2 aromatic carbocycles. The molecule has 0 unspecified atom stereocenters. The van der Waals surface area contributed by atoms with Crippen LogP contribution in [-0.4, -0.2) is 37.1 Å². The van der Waals surface area contributed by atoms with Crippen LogP contribution in [-0.2, 0) is 29.5 Å². The Bertz CT molecular complexity index is 1120. The molecule has 0 radical (unpaired) electrons. The molecule has 0 aliphatic carbocycles. The number of benzene rings is 2. The summed E-state index contributed by atoms with van der Waals surface area (Å²) in [5.74, 6) is -0.278. The van der Waals surface area contributed by atoms with Crippen molar-refractivity contribution in [1.29, 1.82) is 0 Å². The monoisotopic (exact) mass is 426 g/mol. The minimum absolute atomic E-state index is 0.104. The van der Waals surface area contributed by atoms with Crippen molar-refractivity contribution in [1.82, 2.24) is 9.21 Å². The number of hydrogen-bond acceptors (Lipinski definition) is 4. The molecule has 5 nitrogen and oxygen atoms in total. The summed E-state index contributed by atoms with van der Waals surface area (Å²) in [6, 6.07) is 19.1. The molecule has 0 N–H and O–H groups in total. The van der Waals surface area contributed by atoms with Crippen molar-refractivity contribution in [2.75, 3.05) is 13.6 Å². The minimum Gasteiger partial charge on any atom is -0.337 e. The zero-order chi connectivity index (χ0) is 20.4. The Morgan fingerprint density at radius 1 is 1.03 bits per heavy atom. The van der Waals surface area contributed by atoms with Crippen molar-refractivity contribution in [2.24, 2.45) is 0 Å². The predicted molar refractivity (Wildman–Crippen MR) is 114 cm³/mol. The van der Waals surface area contributed by atoms with Crippen LogP contribution in [0.5, 0.6) is 0 Å². The van der Waals surface area contributed by atoms with Crippen molar-refractivity contribution in [3.8, 4) is 0 Å². The fourth-order valence-electron chi connectivity index (χ4n) is 3.57. The van der Waals surface area contributed by atoms with Gasteiger partial charge in [0.1, 0.15) is 9.77 Å². The van der Waals surface area contributed by atoms with Crippen LogP contribution in [0, 0.1) is 0 Å². The molecule has 29 heavy (non-hydrogen) atoms. The van der Waals surface area contributed by atoms with Crippen LogP contribution in [0.2, 0.25) is 0 Å². The SMILES string of the molecule is CN(Cc1ccccc1)C(=O)c1sccc1S(=O)(=O)N1CCc2ccccc2C1. The van der Waals surface area contributed by atoms with Gasteiger partial charge in [-0.15, -0.1) is 11.3 Å². The Morgan fingerprint density at radius 2 is 1.72 bits per heavy atom. The summed E-state index contributed by atoms with van der Waals surface area (Å²) < 4.78 is 28.1. The van der Waals surface area contributed by atoms with Gasteiger partial charge in [0.05, 0.1) is 0 Å². The summed E-state index contributed by atoms with van der Waals surface area (Å²) in [6.07, 6.45) is 0.677. The first-order valence-corrected chi connectivity index (χ1v) is 11.7. The summed E-state index contributed by atoms with van der Waals surface area (Å²) in [6.45, 7) is 1.18. The zero-order valence-corrected chi connectivity index (χ0v) is 17.7. The standard InChI is InChI=1S/C22H22N2O3S2/c1-23(15-17-7-3-2-4-8-17)22(25)21-20(12-14-28-21)29(26,27)24-13-11-18-9-5-6-10-19(18)16-24/h2-10,12,14H,11,13,15-16H2,1H3. The van der Waals surface area contributed by atoms with Gasteiger partial charge in [0.25, 0.3) is 5.91 Å². The molecular formula is C22H22N2O3S2. The highest BCUT2D eigenvalue weighted by Crippen LogP contribution is 2.30. The van der Waals surface area contributed by atoms with Gasteiger partial charge in [-0.05, 0) is 34.6 Å². The van der Waals surface area contributed by atoms with E-state index in [1.807, 2.05) is 54.6 Å². The fourth-order valence-corrected chi connectivity index (χ4v) is 6.38. The Balaban J connectivity index is 1.57.